The van der Waals surface area contributed by atoms with Gasteiger partial charge in [-0.05, 0) is 25.0 Å². The highest BCUT2D eigenvalue weighted by Gasteiger charge is 2.30. The van der Waals surface area contributed by atoms with E-state index in [0.717, 1.165) is 12.8 Å². The summed E-state index contributed by atoms with van der Waals surface area (Å²) in [7, 11) is 0. The van der Waals surface area contributed by atoms with Gasteiger partial charge >= 0.3 is 0 Å². The maximum Gasteiger partial charge on any atom is 0.293 e. The quantitative estimate of drug-likeness (QED) is 0.777. The summed E-state index contributed by atoms with van der Waals surface area (Å²) in [4.78, 5) is 42.8. The van der Waals surface area contributed by atoms with Crippen LogP contribution >= 0.6 is 11.3 Å². The summed E-state index contributed by atoms with van der Waals surface area (Å²) in [6.07, 6.45) is 3.06. The molecule has 2 aromatic rings. The zero-order valence-corrected chi connectivity index (χ0v) is 17.7. The van der Waals surface area contributed by atoms with E-state index in [-0.39, 0.29) is 41.4 Å². The molecule has 8 nitrogen and oxygen atoms in total. The van der Waals surface area contributed by atoms with Gasteiger partial charge in [-0.1, -0.05) is 20.8 Å². The van der Waals surface area contributed by atoms with Crippen molar-refractivity contribution in [3.05, 3.63) is 35.2 Å². The maximum absolute atomic E-state index is 12.3. The van der Waals surface area contributed by atoms with Crippen molar-refractivity contribution < 1.29 is 18.8 Å². The van der Waals surface area contributed by atoms with E-state index >= 15 is 0 Å². The van der Waals surface area contributed by atoms with Gasteiger partial charge < -0.3 is 14.6 Å². The van der Waals surface area contributed by atoms with Crippen LogP contribution in [0.15, 0.2) is 28.2 Å². The number of likely N-dealkylation sites (tertiary alicyclic amines) is 1. The Balaban J connectivity index is 1.44. The molecule has 9 heteroatoms. The second-order valence-corrected chi connectivity index (χ2v) is 8.99. The number of carbonyl (C=O) groups is 3. The van der Waals surface area contributed by atoms with E-state index in [1.807, 2.05) is 25.7 Å². The number of amides is 3. The number of nitrogens with one attached hydrogen (secondary N) is 2. The van der Waals surface area contributed by atoms with Crippen LogP contribution in [0.5, 0.6) is 0 Å². The molecule has 0 atom stereocenters. The molecule has 2 N–H and O–H groups in total. The fraction of sp³-hybridized carbons (Fsp3) is 0.500. The molecule has 3 rings (SSSR count). The molecule has 1 saturated heterocycles. The van der Waals surface area contributed by atoms with Crippen molar-refractivity contribution >= 4 is 34.2 Å². The van der Waals surface area contributed by atoms with Crippen molar-refractivity contribution in [1.82, 2.24) is 15.2 Å². The lowest BCUT2D eigenvalue weighted by molar-refractivity contribution is -0.140. The normalized spacial score (nSPS) is 15.2. The van der Waals surface area contributed by atoms with Crippen LogP contribution in [0.2, 0.25) is 0 Å². The van der Waals surface area contributed by atoms with Crippen LogP contribution in [0.1, 0.15) is 49.9 Å². The zero-order valence-electron chi connectivity index (χ0n) is 16.9. The maximum atomic E-state index is 12.3. The molecule has 0 spiro atoms. The summed E-state index contributed by atoms with van der Waals surface area (Å²) in [6, 6.07) is 3.26. The van der Waals surface area contributed by atoms with Crippen molar-refractivity contribution in [2.24, 2.45) is 5.41 Å². The minimum absolute atomic E-state index is 0.0586. The summed E-state index contributed by atoms with van der Waals surface area (Å²) in [6.45, 7) is 7.06. The fourth-order valence-corrected chi connectivity index (χ4v) is 3.86. The summed E-state index contributed by atoms with van der Waals surface area (Å²) in [5.74, 6) is -0.138. The van der Waals surface area contributed by atoms with Crippen molar-refractivity contribution in [3.8, 4) is 0 Å². The molecule has 0 saturated carbocycles. The third-order valence-corrected chi connectivity index (χ3v) is 5.45. The predicted octanol–water partition coefficient (Wildman–Crippen LogP) is 2.68. The number of rotatable bonds is 5. The van der Waals surface area contributed by atoms with Crippen LogP contribution in [0.25, 0.3) is 0 Å². The lowest BCUT2D eigenvalue weighted by Crippen LogP contribution is -2.49. The van der Waals surface area contributed by atoms with Crippen LogP contribution < -0.4 is 10.6 Å². The molecule has 0 bridgehead atoms. The first-order valence-corrected chi connectivity index (χ1v) is 10.5. The monoisotopic (exact) mass is 418 g/mol. The molecule has 1 aliphatic rings. The van der Waals surface area contributed by atoms with Gasteiger partial charge in [-0.2, -0.15) is 0 Å². The molecule has 156 valence electrons. The van der Waals surface area contributed by atoms with Gasteiger partial charge in [-0.3, -0.25) is 19.7 Å². The second kappa shape index (κ2) is 8.77. The van der Waals surface area contributed by atoms with Crippen LogP contribution in [0, 0.1) is 5.41 Å². The number of aromatic nitrogens is 1. The molecule has 3 amide bonds. The predicted molar refractivity (Wildman–Crippen MR) is 110 cm³/mol. The lowest BCUT2D eigenvalue weighted by atomic mass is 9.93. The fourth-order valence-electron chi connectivity index (χ4n) is 3.16. The molecule has 0 aromatic carbocycles. The molecule has 2 aromatic heterocycles. The Labute approximate surface area is 173 Å². The highest BCUT2D eigenvalue weighted by molar-refractivity contribution is 7.14. The summed E-state index contributed by atoms with van der Waals surface area (Å²) in [5, 5.41) is 7.85. The standard InChI is InChI=1S/C20H26N4O4S/c1-20(2,3)18(27)24-8-6-13(7-9-24)21-16(25)11-14-12-29-19(22-14)23-17(26)15-5-4-10-28-15/h4-5,10,12-13H,6-9,11H2,1-3H3,(H,21,25)(H,22,23,26). The van der Waals surface area contributed by atoms with Crippen LogP contribution in [-0.2, 0) is 16.0 Å². The van der Waals surface area contributed by atoms with Crippen LogP contribution in [0.3, 0.4) is 0 Å². The Kier molecular flexibility index (Phi) is 6.36. The van der Waals surface area contributed by atoms with E-state index in [9.17, 15) is 14.4 Å². The van der Waals surface area contributed by atoms with Gasteiger partial charge in [0, 0.05) is 29.9 Å². The molecule has 0 aliphatic carbocycles. The molecule has 3 heterocycles. The SMILES string of the molecule is CC(C)(C)C(=O)N1CCC(NC(=O)Cc2csc(NC(=O)c3ccco3)n2)CC1. The third-order valence-electron chi connectivity index (χ3n) is 4.65. The average molecular weight is 419 g/mol. The van der Waals surface area contributed by atoms with E-state index in [1.165, 1.54) is 17.6 Å². The number of carbonyl (C=O) groups excluding carboxylic acids is 3. The smallest absolute Gasteiger partial charge is 0.293 e. The van der Waals surface area contributed by atoms with Crippen molar-refractivity contribution in [1.29, 1.82) is 0 Å². The number of hydrogen-bond acceptors (Lipinski definition) is 6. The van der Waals surface area contributed by atoms with Crippen molar-refractivity contribution in [2.75, 3.05) is 18.4 Å². The molecular formula is C20H26N4O4S. The van der Waals surface area contributed by atoms with E-state index < -0.39 is 0 Å². The summed E-state index contributed by atoms with van der Waals surface area (Å²) < 4.78 is 5.04. The van der Waals surface area contributed by atoms with E-state index in [0.29, 0.717) is 23.9 Å². The summed E-state index contributed by atoms with van der Waals surface area (Å²) in [5.41, 5.74) is 0.215. The van der Waals surface area contributed by atoms with Crippen molar-refractivity contribution in [2.45, 2.75) is 46.1 Å². The van der Waals surface area contributed by atoms with Gasteiger partial charge in [0.2, 0.25) is 11.8 Å². The molecule has 0 radical (unpaired) electrons. The van der Waals surface area contributed by atoms with E-state index in [1.54, 1.807) is 17.5 Å². The Morgan fingerprint density at radius 2 is 2.00 bits per heavy atom. The molecule has 1 fully saturated rings. The van der Waals surface area contributed by atoms with Gasteiger partial charge in [-0.25, -0.2) is 4.98 Å². The first kappa shape index (κ1) is 21.0. The van der Waals surface area contributed by atoms with Gasteiger partial charge in [-0.15, -0.1) is 11.3 Å². The van der Waals surface area contributed by atoms with E-state index in [4.69, 9.17) is 4.42 Å². The second-order valence-electron chi connectivity index (χ2n) is 8.14. The molecule has 29 heavy (non-hydrogen) atoms. The highest BCUT2D eigenvalue weighted by Crippen LogP contribution is 2.21. The first-order valence-electron chi connectivity index (χ1n) is 9.60. The van der Waals surface area contributed by atoms with Crippen LogP contribution in [0.4, 0.5) is 5.13 Å². The Morgan fingerprint density at radius 3 is 2.62 bits per heavy atom. The molecule has 1 aliphatic heterocycles. The summed E-state index contributed by atoms with van der Waals surface area (Å²) >= 11 is 1.26. The van der Waals surface area contributed by atoms with Gasteiger partial charge in [0.1, 0.15) is 0 Å². The minimum Gasteiger partial charge on any atom is -0.459 e. The largest absolute Gasteiger partial charge is 0.459 e. The average Bonchev–Trinajstić information content (AvgIpc) is 3.33. The Hall–Kier alpha value is -2.68. The number of piperidine rings is 1. The van der Waals surface area contributed by atoms with Gasteiger partial charge in [0.25, 0.3) is 5.91 Å². The number of thiazole rings is 1. The number of nitrogens with zero attached hydrogens (tertiary/aromatic N) is 2. The zero-order chi connectivity index (χ0) is 21.0. The van der Waals surface area contributed by atoms with E-state index in [2.05, 4.69) is 15.6 Å². The van der Waals surface area contributed by atoms with Gasteiger partial charge in [0.15, 0.2) is 10.9 Å². The molecular weight excluding hydrogens is 392 g/mol. The minimum atomic E-state index is -0.384. The number of furan rings is 1. The van der Waals surface area contributed by atoms with Crippen LogP contribution in [-0.4, -0.2) is 46.7 Å². The number of anilines is 1. The first-order chi connectivity index (χ1) is 13.7. The topological polar surface area (TPSA) is 105 Å². The van der Waals surface area contributed by atoms with Crippen molar-refractivity contribution in [3.63, 3.8) is 0 Å². The Morgan fingerprint density at radius 1 is 1.28 bits per heavy atom. The third kappa shape index (κ3) is 5.66. The number of hydrogen-bond donors (Lipinski definition) is 2. The molecule has 0 unspecified atom stereocenters. The van der Waals surface area contributed by atoms with Gasteiger partial charge in [0.05, 0.1) is 18.4 Å². The Bertz CT molecular complexity index is 861. The highest BCUT2D eigenvalue weighted by atomic mass is 32.1. The lowest BCUT2D eigenvalue weighted by Gasteiger charge is -2.36.